The van der Waals surface area contributed by atoms with E-state index in [1.54, 1.807) is 24.0 Å². The Morgan fingerprint density at radius 2 is 1.87 bits per heavy atom. The summed E-state index contributed by atoms with van der Waals surface area (Å²) in [6.07, 6.45) is 1.19. The number of aliphatic carboxylic acids is 1. The number of fused-ring (bicyclic) bond motifs is 1. The number of nitrogens with one attached hydrogen (secondary N) is 2. The van der Waals surface area contributed by atoms with E-state index in [4.69, 9.17) is 21.7 Å². The molecule has 0 aromatic heterocycles. The molecule has 4 rings (SSSR count). The lowest BCUT2D eigenvalue weighted by atomic mass is 9.89. The zero-order chi connectivity index (χ0) is 27.9. The van der Waals surface area contributed by atoms with Gasteiger partial charge in [0.2, 0.25) is 11.8 Å². The number of hydrogen-bond acceptors (Lipinski definition) is 5. The van der Waals surface area contributed by atoms with Crippen molar-refractivity contribution >= 4 is 52.2 Å². The molecule has 1 aliphatic heterocycles. The molecule has 0 radical (unpaired) electrons. The molecule has 0 fully saturated rings. The fourth-order valence-corrected chi connectivity index (χ4v) is 4.84. The third kappa shape index (κ3) is 6.90. The maximum atomic E-state index is 13.2. The number of benzene rings is 3. The van der Waals surface area contributed by atoms with Gasteiger partial charge in [-0.25, -0.2) is 0 Å². The normalized spacial score (nSPS) is 14.6. The minimum atomic E-state index is -0.874. The summed E-state index contributed by atoms with van der Waals surface area (Å²) in [5.41, 5.74) is 4.90. The van der Waals surface area contributed by atoms with Gasteiger partial charge in [0.1, 0.15) is 5.92 Å². The number of amides is 2. The molecule has 2 amide bonds. The summed E-state index contributed by atoms with van der Waals surface area (Å²) in [7, 11) is 1.88. The van der Waals surface area contributed by atoms with Gasteiger partial charge in [-0.3, -0.25) is 19.4 Å². The second-order valence-electron chi connectivity index (χ2n) is 9.39. The number of carbonyl (C=O) groups is 3. The van der Waals surface area contributed by atoms with E-state index in [2.05, 4.69) is 10.6 Å². The van der Waals surface area contributed by atoms with Crippen LogP contribution in [0.4, 0.5) is 17.1 Å². The Kier molecular flexibility index (Phi) is 9.11. The first kappa shape index (κ1) is 28.0. The Hall–Kier alpha value is -4.01. The van der Waals surface area contributed by atoms with Gasteiger partial charge < -0.3 is 20.6 Å². The van der Waals surface area contributed by atoms with E-state index in [1.165, 1.54) is 0 Å². The zero-order valence-corrected chi connectivity index (χ0v) is 22.7. The molecule has 1 unspecified atom stereocenters. The maximum Gasteiger partial charge on any atom is 0.303 e. The van der Waals surface area contributed by atoms with Gasteiger partial charge in [0.05, 0.1) is 11.4 Å². The number of rotatable bonds is 11. The van der Waals surface area contributed by atoms with Crippen LogP contribution in [0.1, 0.15) is 42.4 Å². The van der Waals surface area contributed by atoms with Crippen LogP contribution in [-0.2, 0) is 20.8 Å². The molecule has 9 heteroatoms. The minimum Gasteiger partial charge on any atom is -0.481 e. The smallest absolute Gasteiger partial charge is 0.303 e. The van der Waals surface area contributed by atoms with Crippen molar-refractivity contribution in [2.24, 2.45) is 4.99 Å². The number of hydrogen-bond donors (Lipinski definition) is 3. The third-order valence-electron chi connectivity index (χ3n) is 6.57. The van der Waals surface area contributed by atoms with Gasteiger partial charge in [0.15, 0.2) is 0 Å². The summed E-state index contributed by atoms with van der Waals surface area (Å²) in [4.78, 5) is 43.3. The lowest BCUT2D eigenvalue weighted by molar-refractivity contribution is -0.137. The standard InChI is InChI=1S/C30H31ClN4O4/c1-19(36)35(16-4-15-32-2)24-11-9-23(10-12-24)33-29(21-6-3-5-20(17-21)7-14-27(37)38)28-25-13-8-22(31)18-26(25)34-30(28)39/h3,5-6,8-13,17-18,28,32H,4,7,14-16H2,1-2H3,(H,34,39)(H,37,38). The Labute approximate surface area is 232 Å². The molecule has 39 heavy (non-hydrogen) atoms. The molecule has 1 atom stereocenters. The Bertz CT molecular complexity index is 1400. The SMILES string of the molecule is CNCCCN(C(C)=O)c1ccc(N=C(c2cccc(CCC(=O)O)c2)C2C(=O)Nc3cc(Cl)ccc32)cc1. The Morgan fingerprint density at radius 1 is 1.10 bits per heavy atom. The van der Waals surface area contributed by atoms with E-state index in [1.807, 2.05) is 61.6 Å². The number of carboxylic acids is 1. The number of carbonyl (C=O) groups excluding carboxylic acids is 2. The molecule has 0 spiro atoms. The number of anilines is 2. The Balaban J connectivity index is 1.74. The van der Waals surface area contributed by atoms with Gasteiger partial charge in [-0.2, -0.15) is 0 Å². The van der Waals surface area contributed by atoms with E-state index in [9.17, 15) is 14.4 Å². The second kappa shape index (κ2) is 12.7. The van der Waals surface area contributed by atoms with Crippen molar-refractivity contribution in [2.45, 2.75) is 32.1 Å². The van der Waals surface area contributed by atoms with Crippen molar-refractivity contribution in [3.8, 4) is 0 Å². The van der Waals surface area contributed by atoms with Gasteiger partial charge in [-0.05, 0) is 85.6 Å². The lowest BCUT2D eigenvalue weighted by Gasteiger charge is -2.21. The van der Waals surface area contributed by atoms with Gasteiger partial charge in [-0.1, -0.05) is 35.9 Å². The highest BCUT2D eigenvalue weighted by molar-refractivity contribution is 6.31. The molecular weight excluding hydrogens is 516 g/mol. The summed E-state index contributed by atoms with van der Waals surface area (Å²) in [6, 6.07) is 20.1. The highest BCUT2D eigenvalue weighted by atomic mass is 35.5. The van der Waals surface area contributed by atoms with Crippen LogP contribution < -0.4 is 15.5 Å². The number of aryl methyl sites for hydroxylation is 1. The monoisotopic (exact) mass is 546 g/mol. The van der Waals surface area contributed by atoms with Gasteiger partial charge in [0.25, 0.3) is 0 Å². The summed E-state index contributed by atoms with van der Waals surface area (Å²) in [6.45, 7) is 2.94. The first-order valence-corrected chi connectivity index (χ1v) is 13.2. The predicted octanol–water partition coefficient (Wildman–Crippen LogP) is 5.18. The van der Waals surface area contributed by atoms with Gasteiger partial charge in [-0.15, -0.1) is 0 Å². The van der Waals surface area contributed by atoms with Crippen molar-refractivity contribution in [1.29, 1.82) is 0 Å². The molecule has 1 heterocycles. The van der Waals surface area contributed by atoms with Crippen molar-refractivity contribution in [3.63, 3.8) is 0 Å². The van der Waals surface area contributed by atoms with Crippen LogP contribution in [0.15, 0.2) is 71.7 Å². The van der Waals surface area contributed by atoms with E-state index in [-0.39, 0.29) is 18.2 Å². The molecule has 0 bridgehead atoms. The van der Waals surface area contributed by atoms with Crippen LogP contribution >= 0.6 is 11.6 Å². The topological polar surface area (TPSA) is 111 Å². The van der Waals surface area contributed by atoms with Crippen LogP contribution in [0.25, 0.3) is 0 Å². The number of halogens is 1. The van der Waals surface area contributed by atoms with Gasteiger partial charge in [0, 0.05) is 36.3 Å². The highest BCUT2D eigenvalue weighted by Gasteiger charge is 2.35. The predicted molar refractivity (Wildman–Crippen MR) is 154 cm³/mol. The first-order chi connectivity index (χ1) is 18.8. The summed E-state index contributed by atoms with van der Waals surface area (Å²) in [5, 5.41) is 15.6. The van der Waals surface area contributed by atoms with Crippen LogP contribution in [0.3, 0.4) is 0 Å². The maximum absolute atomic E-state index is 13.2. The molecule has 3 N–H and O–H groups in total. The minimum absolute atomic E-state index is 0.00358. The second-order valence-corrected chi connectivity index (χ2v) is 9.83. The van der Waals surface area contributed by atoms with Crippen molar-refractivity contribution in [3.05, 3.63) is 88.4 Å². The highest BCUT2D eigenvalue weighted by Crippen LogP contribution is 2.38. The van der Waals surface area contributed by atoms with Crippen LogP contribution in [-0.4, -0.2) is 48.7 Å². The molecule has 0 saturated heterocycles. The molecule has 202 valence electrons. The molecule has 0 aliphatic carbocycles. The average Bonchev–Trinajstić information content (AvgIpc) is 3.23. The average molecular weight is 547 g/mol. The summed E-state index contributed by atoms with van der Waals surface area (Å²) >= 11 is 6.17. The van der Waals surface area contributed by atoms with Gasteiger partial charge >= 0.3 is 5.97 Å². The quantitative estimate of drug-likeness (QED) is 0.227. The third-order valence-corrected chi connectivity index (χ3v) is 6.80. The van der Waals surface area contributed by atoms with E-state index >= 15 is 0 Å². The Morgan fingerprint density at radius 3 is 2.56 bits per heavy atom. The summed E-state index contributed by atoms with van der Waals surface area (Å²) < 4.78 is 0. The molecule has 0 saturated carbocycles. The van der Waals surface area contributed by atoms with Crippen molar-refractivity contribution in [1.82, 2.24) is 5.32 Å². The van der Waals surface area contributed by atoms with E-state index in [0.29, 0.717) is 35.1 Å². The number of aliphatic imine (C=N–C) groups is 1. The molecule has 8 nitrogen and oxygen atoms in total. The molecular formula is C30H31ClN4O4. The zero-order valence-electron chi connectivity index (χ0n) is 21.9. The molecule has 3 aromatic carbocycles. The van der Waals surface area contributed by atoms with Crippen molar-refractivity contribution in [2.75, 3.05) is 30.4 Å². The lowest BCUT2D eigenvalue weighted by Crippen LogP contribution is -2.31. The van der Waals surface area contributed by atoms with Crippen LogP contribution in [0, 0.1) is 0 Å². The number of nitrogens with zero attached hydrogens (tertiary/aromatic N) is 2. The summed E-state index contributed by atoms with van der Waals surface area (Å²) in [5.74, 6) is -1.81. The first-order valence-electron chi connectivity index (χ1n) is 12.8. The van der Waals surface area contributed by atoms with Crippen LogP contribution in [0.5, 0.6) is 0 Å². The van der Waals surface area contributed by atoms with Crippen molar-refractivity contribution < 1.29 is 19.5 Å². The van der Waals surface area contributed by atoms with Crippen LogP contribution in [0.2, 0.25) is 5.02 Å². The fraction of sp³-hybridized carbons (Fsp3) is 0.267. The van der Waals surface area contributed by atoms with E-state index < -0.39 is 11.9 Å². The largest absolute Gasteiger partial charge is 0.481 e. The fourth-order valence-electron chi connectivity index (χ4n) is 4.67. The number of carboxylic acid groups (broad SMARTS) is 1. The molecule has 3 aromatic rings. The van der Waals surface area contributed by atoms with E-state index in [0.717, 1.165) is 35.3 Å². The molecule has 1 aliphatic rings.